The van der Waals surface area contributed by atoms with Crippen molar-refractivity contribution in [3.63, 3.8) is 0 Å². The van der Waals surface area contributed by atoms with Crippen LogP contribution < -0.4 is 5.14 Å². The van der Waals surface area contributed by atoms with Crippen molar-refractivity contribution in [2.75, 3.05) is 0 Å². The van der Waals surface area contributed by atoms with Crippen molar-refractivity contribution in [3.05, 3.63) is 83.4 Å². The van der Waals surface area contributed by atoms with Crippen molar-refractivity contribution < 1.29 is 23.1 Å². The van der Waals surface area contributed by atoms with Gasteiger partial charge in [0.05, 0.1) is 11.5 Å². The highest BCUT2D eigenvalue weighted by Crippen LogP contribution is 2.41. The van der Waals surface area contributed by atoms with Gasteiger partial charge in [0.1, 0.15) is 22.7 Å². The number of aliphatic hydroxyl groups is 1. The van der Waals surface area contributed by atoms with Gasteiger partial charge in [-0.25, -0.2) is 33.3 Å². The number of cyclic esters (lactones) is 1. The predicted octanol–water partition coefficient (Wildman–Crippen LogP) is 5.09. The number of nitrogens with one attached hydrogen (secondary N) is 1. The highest BCUT2D eigenvalue weighted by molar-refractivity contribution is 7.89. The van der Waals surface area contributed by atoms with Gasteiger partial charge < -0.3 is 14.8 Å². The molecule has 0 aliphatic carbocycles. The van der Waals surface area contributed by atoms with E-state index in [4.69, 9.17) is 9.88 Å². The van der Waals surface area contributed by atoms with Crippen LogP contribution in [-0.4, -0.2) is 45.0 Å². The minimum Gasteiger partial charge on any atom is -0.512 e. The molecule has 10 nitrogen and oxygen atoms in total. The van der Waals surface area contributed by atoms with Crippen LogP contribution in [0.2, 0.25) is 0 Å². The lowest BCUT2D eigenvalue weighted by atomic mass is 9.81. The van der Waals surface area contributed by atoms with Crippen LogP contribution in [0.15, 0.2) is 77.0 Å². The summed E-state index contributed by atoms with van der Waals surface area (Å²) in [5, 5.41) is 16.4. The first-order valence-electron chi connectivity index (χ1n) is 13.7. The topological polar surface area (TPSA) is 161 Å². The molecule has 4 N–H and O–H groups in total. The highest BCUT2D eigenvalue weighted by atomic mass is 32.2. The van der Waals surface area contributed by atoms with Crippen molar-refractivity contribution in [2.45, 2.75) is 68.9 Å². The fourth-order valence-electron chi connectivity index (χ4n) is 5.54. The zero-order valence-electron chi connectivity index (χ0n) is 23.0. The number of aliphatic hydroxyl groups excluding tert-OH is 1. The molecule has 3 heterocycles. The number of imidazole rings is 1. The molecule has 214 valence electrons. The number of ether oxygens (including phenoxy) is 1. The molecule has 5 rings (SSSR count). The lowest BCUT2D eigenvalue weighted by Gasteiger charge is -2.38. The summed E-state index contributed by atoms with van der Waals surface area (Å²) in [4.78, 5) is 29.8. The third-order valence-electron chi connectivity index (χ3n) is 7.47. The van der Waals surface area contributed by atoms with Crippen LogP contribution in [0.4, 0.5) is 0 Å². The summed E-state index contributed by atoms with van der Waals surface area (Å²) in [6, 6.07) is 18.8. The molecule has 11 heteroatoms. The van der Waals surface area contributed by atoms with E-state index in [0.29, 0.717) is 31.2 Å². The van der Waals surface area contributed by atoms with Gasteiger partial charge in [0.2, 0.25) is 0 Å². The van der Waals surface area contributed by atoms with Crippen LogP contribution in [0.25, 0.3) is 22.6 Å². The fourth-order valence-corrected chi connectivity index (χ4v) is 6.18. The van der Waals surface area contributed by atoms with E-state index in [0.717, 1.165) is 12.0 Å². The van der Waals surface area contributed by atoms with Crippen LogP contribution >= 0.6 is 0 Å². The molecule has 0 amide bonds. The third kappa shape index (κ3) is 5.86. The number of H-pyrrole nitrogens is 1. The summed E-state index contributed by atoms with van der Waals surface area (Å²) in [5.74, 6) is -0.935. The van der Waals surface area contributed by atoms with Crippen molar-refractivity contribution in [2.24, 2.45) is 5.14 Å². The van der Waals surface area contributed by atoms with Crippen molar-refractivity contribution in [1.29, 1.82) is 0 Å². The number of rotatable bonds is 10. The van der Waals surface area contributed by atoms with E-state index in [1.54, 1.807) is 24.3 Å². The van der Waals surface area contributed by atoms with Crippen molar-refractivity contribution in [1.82, 2.24) is 19.9 Å². The average Bonchev–Trinajstić information content (AvgIpc) is 3.38. The molecular formula is C30H33N5O5S. The maximum atomic E-state index is 13.5. The molecule has 2 aromatic carbocycles. The first-order chi connectivity index (χ1) is 19.6. The summed E-state index contributed by atoms with van der Waals surface area (Å²) >= 11 is 0. The second-order valence-corrected chi connectivity index (χ2v) is 11.9. The van der Waals surface area contributed by atoms with E-state index in [9.17, 15) is 18.3 Å². The van der Waals surface area contributed by atoms with Crippen molar-refractivity contribution >= 4 is 27.2 Å². The molecule has 1 aliphatic rings. The third-order valence-corrected chi connectivity index (χ3v) is 8.31. The van der Waals surface area contributed by atoms with Gasteiger partial charge in [-0.1, -0.05) is 80.9 Å². The minimum absolute atomic E-state index is 0.0353. The molecule has 4 aromatic rings. The molecule has 0 saturated carbocycles. The summed E-state index contributed by atoms with van der Waals surface area (Å²) in [6.45, 7) is 3.86. The Labute approximate surface area is 238 Å². The molecular weight excluding hydrogens is 542 g/mol. The molecule has 0 saturated heterocycles. The second kappa shape index (κ2) is 11.4. The number of primary sulfonamides is 1. The largest absolute Gasteiger partial charge is 0.512 e. The van der Waals surface area contributed by atoms with E-state index < -0.39 is 32.5 Å². The Morgan fingerprint density at radius 2 is 1.71 bits per heavy atom. The number of fused-ring (bicyclic) bond motifs is 1. The Balaban J connectivity index is 1.53. The van der Waals surface area contributed by atoms with Gasteiger partial charge in [0.25, 0.3) is 10.0 Å². The number of aryl methyl sites for hydroxylation is 1. The zero-order valence-corrected chi connectivity index (χ0v) is 23.8. The standard InChI is InChI=1S/C30H33N5O5S/c1-3-16-30(17-15-19-11-7-5-8-12-19)18-22(36)23(29(37)40-30)21(4-2)26-32-24-27(34-26)33-25(20-13-9-6-10-14-20)35-28(24)41(31,38)39/h5-14,21,36H,3-4,15-18H2,1-2H3,(H2,31,38,39)(H,32,33,34,35). The Morgan fingerprint density at radius 1 is 1.02 bits per heavy atom. The Hall–Kier alpha value is -4.09. The quantitative estimate of drug-likeness (QED) is 0.174. The van der Waals surface area contributed by atoms with E-state index >= 15 is 0 Å². The maximum absolute atomic E-state index is 13.5. The number of esters is 1. The lowest BCUT2D eigenvalue weighted by molar-refractivity contribution is -0.161. The number of nitrogens with zero attached hydrogens (tertiary/aromatic N) is 3. The average molecular weight is 576 g/mol. The van der Waals surface area contributed by atoms with Gasteiger partial charge in [-0.2, -0.15) is 0 Å². The maximum Gasteiger partial charge on any atom is 0.338 e. The second-order valence-electron chi connectivity index (χ2n) is 10.4. The summed E-state index contributed by atoms with van der Waals surface area (Å²) in [5.41, 5.74) is 1.12. The van der Waals surface area contributed by atoms with Gasteiger partial charge in [0, 0.05) is 12.0 Å². The van der Waals surface area contributed by atoms with E-state index in [1.807, 2.05) is 50.2 Å². The molecule has 0 fully saturated rings. The molecule has 2 aromatic heterocycles. The number of sulfonamides is 1. The zero-order chi connectivity index (χ0) is 29.2. The Kier molecular flexibility index (Phi) is 7.92. The predicted molar refractivity (Wildman–Crippen MR) is 154 cm³/mol. The number of carbonyl (C=O) groups is 1. The summed E-state index contributed by atoms with van der Waals surface area (Å²) in [6.07, 6.45) is 3.24. The van der Waals surface area contributed by atoms with Gasteiger partial charge in [-0.3, -0.25) is 0 Å². The number of aromatic nitrogens is 4. The molecule has 0 spiro atoms. The number of benzene rings is 2. The molecule has 0 radical (unpaired) electrons. The number of carbonyl (C=O) groups excluding carboxylic acids is 1. The fraction of sp³-hybridized carbons (Fsp3) is 0.333. The highest BCUT2D eigenvalue weighted by Gasteiger charge is 2.43. The number of aromatic amines is 1. The smallest absolute Gasteiger partial charge is 0.338 e. The molecule has 2 unspecified atom stereocenters. The summed E-state index contributed by atoms with van der Waals surface area (Å²) in [7, 11) is -4.25. The molecule has 0 bridgehead atoms. The minimum atomic E-state index is -4.25. The SMILES string of the molecule is CCCC1(CCc2ccccc2)CC(O)=C(C(CC)c2nc3nc(-c4ccccc4)nc(S(N)(=O)=O)c3[nH]2)C(=O)O1. The van der Waals surface area contributed by atoms with Crippen molar-refractivity contribution in [3.8, 4) is 11.4 Å². The van der Waals surface area contributed by atoms with Crippen LogP contribution in [0, 0.1) is 0 Å². The van der Waals surface area contributed by atoms with Crippen LogP contribution in [0.5, 0.6) is 0 Å². The summed E-state index contributed by atoms with van der Waals surface area (Å²) < 4.78 is 31.1. The molecule has 41 heavy (non-hydrogen) atoms. The van der Waals surface area contributed by atoms with Gasteiger partial charge in [-0.15, -0.1) is 0 Å². The number of hydrogen-bond donors (Lipinski definition) is 3. The monoisotopic (exact) mass is 575 g/mol. The van der Waals surface area contributed by atoms with E-state index in [1.165, 1.54) is 0 Å². The normalized spacial score (nSPS) is 18.5. The van der Waals surface area contributed by atoms with Crippen LogP contribution in [-0.2, 0) is 26.0 Å². The lowest BCUT2D eigenvalue weighted by Crippen LogP contribution is -2.41. The molecule has 1 aliphatic heterocycles. The van der Waals surface area contributed by atoms with Gasteiger partial charge >= 0.3 is 5.97 Å². The van der Waals surface area contributed by atoms with Gasteiger partial charge in [0.15, 0.2) is 16.5 Å². The first-order valence-corrected chi connectivity index (χ1v) is 15.2. The molecule has 2 atom stereocenters. The van der Waals surface area contributed by atoms with E-state index in [2.05, 4.69) is 19.9 Å². The Bertz CT molecular complexity index is 1700. The van der Waals surface area contributed by atoms with Gasteiger partial charge in [-0.05, 0) is 31.2 Å². The Morgan fingerprint density at radius 3 is 2.32 bits per heavy atom. The first kappa shape index (κ1) is 28.4. The van der Waals surface area contributed by atoms with Crippen LogP contribution in [0.3, 0.4) is 0 Å². The number of hydrogen-bond acceptors (Lipinski definition) is 8. The number of nitrogens with two attached hydrogens (primary N) is 1. The van der Waals surface area contributed by atoms with E-state index in [-0.39, 0.29) is 40.6 Å². The van der Waals surface area contributed by atoms with Crippen LogP contribution in [0.1, 0.15) is 63.3 Å².